The number of nitrogens with zero attached hydrogens (tertiary/aromatic N) is 9. The monoisotopic (exact) mass is 1640 g/mol. The van der Waals surface area contributed by atoms with Crippen molar-refractivity contribution >= 4 is 199 Å². The van der Waals surface area contributed by atoms with E-state index in [0.717, 1.165) is 16.4 Å². The molecule has 4 aliphatic rings. The van der Waals surface area contributed by atoms with Gasteiger partial charge in [0, 0.05) is 54.0 Å². The molecule has 8 aromatic rings. The third-order valence-electron chi connectivity index (χ3n) is 20.6. The van der Waals surface area contributed by atoms with Crippen LogP contribution in [0.25, 0.3) is 43.6 Å². The van der Waals surface area contributed by atoms with Crippen LogP contribution in [0.5, 0.6) is 0 Å². The summed E-state index contributed by atoms with van der Waals surface area (Å²) in [5.74, 6) is -1.47. The number of ether oxygens (including phenoxy) is 2. The smallest absolute Gasteiger partial charge is 0.481 e. The first kappa shape index (κ1) is 87.6. The van der Waals surface area contributed by atoms with Gasteiger partial charge in [-0.2, -0.15) is 20.4 Å². The molecule has 4 aromatic heterocycles. The number of hydrogen-bond donors (Lipinski definition) is 1. The highest BCUT2D eigenvalue weighted by Gasteiger charge is 2.56. The number of hydrogen-bond acceptors (Lipinski definition) is 18. The molecule has 0 saturated carbocycles. The van der Waals surface area contributed by atoms with Crippen molar-refractivity contribution in [1.29, 1.82) is 0 Å². The van der Waals surface area contributed by atoms with E-state index in [9.17, 15) is 19.2 Å². The van der Waals surface area contributed by atoms with Gasteiger partial charge in [0.2, 0.25) is 5.91 Å². The van der Waals surface area contributed by atoms with E-state index in [2.05, 4.69) is 20.4 Å². The number of fused-ring (bicyclic) bond motifs is 4. The summed E-state index contributed by atoms with van der Waals surface area (Å²) in [5.41, 5.74) is 0.803. The van der Waals surface area contributed by atoms with Gasteiger partial charge < -0.3 is 56.7 Å². The van der Waals surface area contributed by atoms with E-state index in [1.807, 2.05) is 195 Å². The molecule has 590 valence electrons. The molecule has 4 aromatic carbocycles. The number of aryl methyl sites for hydroxylation is 4. The number of carboxylic acid groups (broad SMARTS) is 1. The van der Waals surface area contributed by atoms with E-state index in [1.165, 1.54) is 4.68 Å². The lowest BCUT2D eigenvalue weighted by molar-refractivity contribution is -0.156. The quantitative estimate of drug-likeness (QED) is 0.0696. The molecule has 0 bridgehead atoms. The van der Waals surface area contributed by atoms with Crippen LogP contribution in [-0.4, -0.2) is 172 Å². The van der Waals surface area contributed by atoms with E-state index in [-0.39, 0.29) is 43.7 Å². The van der Waals surface area contributed by atoms with Gasteiger partial charge >= 0.3 is 46.4 Å². The molecule has 24 nitrogen and oxygen atoms in total. The lowest BCUT2D eigenvalue weighted by Crippen LogP contribution is -2.41. The normalized spacial score (nSPS) is 18.6. The second-order valence-corrected chi connectivity index (χ2v) is 36.2. The topological polar surface area (TPSA) is 255 Å². The minimum absolute atomic E-state index is 0.00891. The molecule has 12 rings (SSSR count). The molecule has 4 fully saturated rings. The Morgan fingerprint density at radius 3 is 0.954 bits per heavy atom. The largest absolute Gasteiger partial charge is 0.496 e. The summed E-state index contributed by atoms with van der Waals surface area (Å²) in [4.78, 5) is 48.1. The maximum Gasteiger partial charge on any atom is 0.496 e. The third-order valence-corrected chi connectivity index (χ3v) is 23.4. The lowest BCUT2D eigenvalue weighted by Gasteiger charge is -2.32. The van der Waals surface area contributed by atoms with Gasteiger partial charge in [-0.15, -0.1) is 0 Å². The fourth-order valence-electron chi connectivity index (χ4n) is 11.6. The SMILES string of the molecule is CC(C)(C)OC(=O)CCn1cc2c(Cl)c(B3OC(C)(C)C(C)(C)O3)ccc2n1.CC(C)(C)OC(=O)CCn1nc2ccc(B3OC(C)(C)C(C)(C)O3)c(Cl)c2c1Cl.CC1(C)OB(c2ccc3nn(CCC(=O)O)c(Cl)c3c2Cl)OC1(C)C.CN(C)C(=O)CCn1nc2ccc(B3OC(C)(C)C(C)(C)O3)c(Cl)c2c1Cl. The molecule has 8 heterocycles. The van der Waals surface area contributed by atoms with Crippen LogP contribution in [0.3, 0.4) is 0 Å². The van der Waals surface area contributed by atoms with Gasteiger partial charge in [0.05, 0.1) is 149 Å². The summed E-state index contributed by atoms with van der Waals surface area (Å²) in [5, 5.41) is 32.2. The molecule has 109 heavy (non-hydrogen) atoms. The Hall–Kier alpha value is -5.39. The predicted molar refractivity (Wildman–Crippen MR) is 433 cm³/mol. The van der Waals surface area contributed by atoms with Crippen molar-refractivity contribution in [3.63, 3.8) is 0 Å². The van der Waals surface area contributed by atoms with Crippen molar-refractivity contribution in [2.45, 2.75) is 260 Å². The van der Waals surface area contributed by atoms with Crippen LogP contribution in [-0.2, 0) is 92.1 Å². The van der Waals surface area contributed by atoms with Crippen LogP contribution in [0.4, 0.5) is 0 Å². The molecule has 4 saturated heterocycles. The third kappa shape index (κ3) is 19.2. The van der Waals surface area contributed by atoms with Gasteiger partial charge in [0.15, 0.2) is 0 Å². The maximum absolute atomic E-state index is 12.0. The molecule has 0 radical (unpaired) electrons. The molecule has 0 spiro atoms. The van der Waals surface area contributed by atoms with Crippen molar-refractivity contribution in [1.82, 2.24) is 44.0 Å². The summed E-state index contributed by atoms with van der Waals surface area (Å²) in [7, 11) is 1.11. The van der Waals surface area contributed by atoms with Crippen molar-refractivity contribution < 1.29 is 71.0 Å². The van der Waals surface area contributed by atoms with Crippen molar-refractivity contribution in [3.8, 4) is 0 Å². The molecular weight excluding hydrogens is 1550 g/mol. The van der Waals surface area contributed by atoms with E-state index < -0.39 is 90.5 Å². The first-order chi connectivity index (χ1) is 50.0. The van der Waals surface area contributed by atoms with Crippen molar-refractivity contribution in [2.75, 3.05) is 14.1 Å². The first-order valence-corrected chi connectivity index (χ1v) is 38.6. The summed E-state index contributed by atoms with van der Waals surface area (Å²) in [6.07, 6.45) is 2.48. The second kappa shape index (κ2) is 32.1. The number of esters is 2. The Kier molecular flexibility index (Phi) is 25.8. The van der Waals surface area contributed by atoms with Crippen molar-refractivity contribution in [2.24, 2.45) is 0 Å². The van der Waals surface area contributed by atoms with Gasteiger partial charge in [-0.3, -0.25) is 37.9 Å². The Morgan fingerprint density at radius 1 is 0.404 bits per heavy atom. The fourth-order valence-corrected chi connectivity index (χ4v) is 14.0. The zero-order valence-corrected chi connectivity index (χ0v) is 71.8. The van der Waals surface area contributed by atoms with E-state index >= 15 is 0 Å². The maximum atomic E-state index is 12.0. The van der Waals surface area contributed by atoms with Gasteiger partial charge in [0.25, 0.3) is 0 Å². The molecule has 35 heteroatoms. The fraction of sp³-hybridized carbons (Fsp3) is 0.568. The summed E-state index contributed by atoms with van der Waals surface area (Å²) in [6, 6.07) is 14.7. The zero-order valence-electron chi connectivity index (χ0n) is 66.5. The number of carbonyl (C=O) groups excluding carboxylic acids is 3. The van der Waals surface area contributed by atoms with Crippen LogP contribution in [0, 0.1) is 0 Å². The second-order valence-electron chi connectivity index (χ2n) is 33.6. The number of aliphatic carboxylic acids is 1. The van der Waals surface area contributed by atoms with E-state index in [4.69, 9.17) is 133 Å². The summed E-state index contributed by atoms with van der Waals surface area (Å²) < 4.78 is 65.8. The number of benzene rings is 4. The highest BCUT2D eigenvalue weighted by Crippen LogP contribution is 2.43. The van der Waals surface area contributed by atoms with Crippen LogP contribution in [0.2, 0.25) is 35.5 Å². The average molecular weight is 1650 g/mol. The lowest BCUT2D eigenvalue weighted by atomic mass is 9.78. The Morgan fingerprint density at radius 2 is 0.670 bits per heavy atom. The standard InChI is InChI=1S/C20H27BCl2N2O4.C20H28BClN2O4.C18H24BCl2N3O3.C16H19BCl2N2O4/c1-18(2,3)27-14(26)10-11-25-17(23)15-13(24-25)9-8-12(16(15)22)21-28-19(4,5)20(6,7)29-21;1-18(2,3)26-16(25)10-11-24-12-13-15(23-24)9-8-14(17(13)22)21-27-19(4,5)20(6,7)28-21;1-17(2)18(3,4)27-19(26-17)11-7-8-12-14(15(11)20)16(21)24(22-12)10-9-13(25)23(5)6;1-15(2)16(3,4)25-17(24-15)9-5-6-10-12(13(9)18)14(19)21(20-10)8-7-11(22)23/h8-9H,10-11H2,1-7H3;8-9,12H,10-11H2,1-7H3;7-8H,9-10H2,1-6H3;5-6H,7-8H2,1-4H3,(H,22,23). The van der Waals surface area contributed by atoms with Crippen LogP contribution in [0.1, 0.15) is 178 Å². The predicted octanol–water partition coefficient (Wildman–Crippen LogP) is 14.3. The highest BCUT2D eigenvalue weighted by atomic mass is 35.5. The van der Waals surface area contributed by atoms with Gasteiger partial charge in [-0.25, -0.2) is 0 Å². The number of rotatable bonds is 16. The van der Waals surface area contributed by atoms with Crippen LogP contribution < -0.4 is 21.9 Å². The molecular formula is C74H98B4Cl7N9O15. The Bertz CT molecular complexity index is 4710. The minimum Gasteiger partial charge on any atom is -0.481 e. The minimum atomic E-state index is -0.917. The number of carbonyl (C=O) groups is 4. The molecule has 0 unspecified atom stereocenters. The zero-order chi connectivity index (χ0) is 81.4. The number of aromatic nitrogens is 8. The van der Waals surface area contributed by atoms with Crippen LogP contribution in [0.15, 0.2) is 54.7 Å². The van der Waals surface area contributed by atoms with E-state index in [0.29, 0.717) is 111 Å². The van der Waals surface area contributed by atoms with E-state index in [1.54, 1.807) is 45.2 Å². The number of carboxylic acids is 1. The first-order valence-electron chi connectivity index (χ1n) is 36.0. The Balaban J connectivity index is 0.000000168. The number of halogens is 7. The van der Waals surface area contributed by atoms with Crippen molar-refractivity contribution in [3.05, 3.63) is 90.3 Å². The van der Waals surface area contributed by atoms with Gasteiger partial charge in [0.1, 0.15) is 26.7 Å². The molecule has 0 aliphatic carbocycles. The van der Waals surface area contributed by atoms with Gasteiger partial charge in [-0.05, 0) is 177 Å². The van der Waals surface area contributed by atoms with Gasteiger partial charge in [-0.1, -0.05) is 105 Å². The summed E-state index contributed by atoms with van der Waals surface area (Å²) in [6.45, 7) is 44.1. The van der Waals surface area contributed by atoms with Crippen LogP contribution >= 0.6 is 81.2 Å². The molecule has 1 N–H and O–H groups in total. The Labute approximate surface area is 674 Å². The molecule has 0 atom stereocenters. The molecule has 1 amide bonds. The molecule has 4 aliphatic heterocycles. The highest BCUT2D eigenvalue weighted by molar-refractivity contribution is 6.69. The average Bonchev–Trinajstić information content (AvgIpc) is 1.62. The number of amides is 1. The summed E-state index contributed by atoms with van der Waals surface area (Å²) >= 11 is 46.1.